The van der Waals surface area contributed by atoms with Crippen molar-refractivity contribution in [3.8, 4) is 0 Å². The lowest BCUT2D eigenvalue weighted by molar-refractivity contribution is 0.960. The third-order valence-corrected chi connectivity index (χ3v) is 5.22. The molecular formula is C11H11BrN2S2. The van der Waals surface area contributed by atoms with Crippen LogP contribution in [0, 0.1) is 0 Å². The highest BCUT2D eigenvalue weighted by atomic mass is 79.9. The van der Waals surface area contributed by atoms with Crippen LogP contribution in [0.25, 0.3) is 0 Å². The maximum atomic E-state index is 5.82. The van der Waals surface area contributed by atoms with E-state index in [9.17, 15) is 0 Å². The second-order valence-electron chi connectivity index (χ2n) is 3.17. The van der Waals surface area contributed by atoms with Gasteiger partial charge in [0.1, 0.15) is 0 Å². The van der Waals surface area contributed by atoms with Crippen molar-refractivity contribution in [1.29, 1.82) is 0 Å². The molecule has 2 aromatic heterocycles. The van der Waals surface area contributed by atoms with Crippen molar-refractivity contribution in [3.63, 3.8) is 0 Å². The molecule has 0 spiro atoms. The Morgan fingerprint density at radius 2 is 2.06 bits per heavy atom. The van der Waals surface area contributed by atoms with Gasteiger partial charge in [-0.3, -0.25) is 4.98 Å². The molecule has 0 radical (unpaired) electrons. The summed E-state index contributed by atoms with van der Waals surface area (Å²) in [6.07, 6.45) is 3.61. The zero-order valence-electron chi connectivity index (χ0n) is 8.47. The van der Waals surface area contributed by atoms with Crippen LogP contribution in [0.1, 0.15) is 10.1 Å². The average molecular weight is 315 g/mol. The van der Waals surface area contributed by atoms with Crippen LogP contribution in [0.4, 0.5) is 0 Å². The number of halogens is 1. The van der Waals surface area contributed by atoms with Crippen LogP contribution < -0.4 is 5.73 Å². The van der Waals surface area contributed by atoms with Gasteiger partial charge in [0.15, 0.2) is 0 Å². The van der Waals surface area contributed by atoms with E-state index in [1.165, 1.54) is 9.77 Å². The Labute approximate surface area is 111 Å². The number of thiophene rings is 1. The van der Waals surface area contributed by atoms with Gasteiger partial charge in [0.25, 0.3) is 0 Å². The molecule has 0 aliphatic heterocycles. The van der Waals surface area contributed by atoms with Crippen molar-refractivity contribution < 1.29 is 0 Å². The van der Waals surface area contributed by atoms with Crippen molar-refractivity contribution in [2.45, 2.75) is 10.1 Å². The highest BCUT2D eigenvalue weighted by Gasteiger charge is 2.13. The van der Waals surface area contributed by atoms with Crippen LogP contribution in [-0.2, 0) is 0 Å². The van der Waals surface area contributed by atoms with Crippen LogP contribution in [0.3, 0.4) is 0 Å². The second-order valence-corrected chi connectivity index (χ2v) is 6.94. The highest BCUT2D eigenvalue weighted by Crippen LogP contribution is 2.38. The Morgan fingerprint density at radius 3 is 2.62 bits per heavy atom. The first-order valence-electron chi connectivity index (χ1n) is 4.81. The molecule has 1 unspecified atom stereocenters. The van der Waals surface area contributed by atoms with E-state index in [-0.39, 0.29) is 0 Å². The summed E-state index contributed by atoms with van der Waals surface area (Å²) in [7, 11) is 0. The van der Waals surface area contributed by atoms with Crippen LogP contribution in [0.15, 0.2) is 45.3 Å². The third-order valence-electron chi connectivity index (χ3n) is 2.05. The van der Waals surface area contributed by atoms with Gasteiger partial charge in [0.05, 0.1) is 9.04 Å². The van der Waals surface area contributed by atoms with E-state index >= 15 is 0 Å². The van der Waals surface area contributed by atoms with Gasteiger partial charge in [-0.2, -0.15) is 0 Å². The summed E-state index contributed by atoms with van der Waals surface area (Å²) in [4.78, 5) is 6.51. The van der Waals surface area contributed by atoms with Gasteiger partial charge in [-0.05, 0) is 40.2 Å². The Kier molecular flexibility index (Phi) is 4.40. The Balaban J connectivity index is 2.12. The van der Waals surface area contributed by atoms with Crippen molar-refractivity contribution in [1.82, 2.24) is 4.98 Å². The van der Waals surface area contributed by atoms with E-state index in [1.807, 2.05) is 12.1 Å². The minimum absolute atomic E-state index is 0.318. The summed E-state index contributed by atoms with van der Waals surface area (Å²) in [5, 5.41) is 0.318. The van der Waals surface area contributed by atoms with E-state index in [0.29, 0.717) is 11.8 Å². The van der Waals surface area contributed by atoms with Gasteiger partial charge in [-0.15, -0.1) is 23.1 Å². The van der Waals surface area contributed by atoms with E-state index in [2.05, 4.69) is 33.0 Å². The second kappa shape index (κ2) is 5.82. The molecule has 0 aliphatic rings. The number of hydrogen-bond acceptors (Lipinski definition) is 4. The molecule has 0 aliphatic carbocycles. The number of hydrogen-bond donors (Lipinski definition) is 1. The number of nitrogens with two attached hydrogens (primary N) is 1. The van der Waals surface area contributed by atoms with E-state index < -0.39 is 0 Å². The molecule has 0 saturated carbocycles. The fraction of sp³-hybridized carbons (Fsp3) is 0.182. The smallest absolute Gasteiger partial charge is 0.0701 e. The van der Waals surface area contributed by atoms with E-state index in [0.717, 1.165) is 3.79 Å². The maximum absolute atomic E-state index is 5.82. The van der Waals surface area contributed by atoms with Crippen molar-refractivity contribution in [3.05, 3.63) is 45.3 Å². The molecular weight excluding hydrogens is 304 g/mol. The zero-order valence-corrected chi connectivity index (χ0v) is 11.7. The number of nitrogens with zero attached hydrogens (tertiary/aromatic N) is 1. The molecule has 0 bridgehead atoms. The lowest BCUT2D eigenvalue weighted by atomic mass is 10.3. The number of pyridine rings is 1. The molecule has 2 N–H and O–H groups in total. The summed E-state index contributed by atoms with van der Waals surface area (Å²) >= 11 is 6.99. The molecule has 2 rings (SSSR count). The van der Waals surface area contributed by atoms with Gasteiger partial charge in [-0.1, -0.05) is 0 Å². The molecule has 1 atom stereocenters. The summed E-state index contributed by atoms with van der Waals surface area (Å²) in [6, 6.07) is 8.21. The van der Waals surface area contributed by atoms with Crippen LogP contribution >= 0.6 is 39.0 Å². The molecule has 5 heteroatoms. The van der Waals surface area contributed by atoms with Gasteiger partial charge >= 0.3 is 0 Å². The van der Waals surface area contributed by atoms with Gasteiger partial charge in [0.2, 0.25) is 0 Å². The first kappa shape index (κ1) is 12.1. The Hall–Kier alpha value is -0.360. The molecule has 0 saturated heterocycles. The average Bonchev–Trinajstić information content (AvgIpc) is 2.74. The topological polar surface area (TPSA) is 38.9 Å². The Morgan fingerprint density at radius 1 is 1.31 bits per heavy atom. The van der Waals surface area contributed by atoms with Crippen molar-refractivity contribution >= 4 is 39.0 Å². The van der Waals surface area contributed by atoms with E-state index in [1.54, 1.807) is 35.5 Å². The van der Waals surface area contributed by atoms with Gasteiger partial charge in [0, 0.05) is 28.7 Å². The minimum atomic E-state index is 0.318. The first-order valence-corrected chi connectivity index (χ1v) is 7.30. The number of thioether (sulfide) groups is 1. The third kappa shape index (κ3) is 3.07. The monoisotopic (exact) mass is 314 g/mol. The summed E-state index contributed by atoms with van der Waals surface area (Å²) in [5.74, 6) is 0. The van der Waals surface area contributed by atoms with Gasteiger partial charge < -0.3 is 5.73 Å². The molecule has 16 heavy (non-hydrogen) atoms. The fourth-order valence-corrected chi connectivity index (χ4v) is 3.91. The molecule has 0 amide bonds. The van der Waals surface area contributed by atoms with Crippen LogP contribution in [0.5, 0.6) is 0 Å². The zero-order chi connectivity index (χ0) is 11.4. The first-order chi connectivity index (χ1) is 7.79. The molecule has 2 heterocycles. The quantitative estimate of drug-likeness (QED) is 0.875. The van der Waals surface area contributed by atoms with Gasteiger partial charge in [-0.25, -0.2) is 0 Å². The van der Waals surface area contributed by atoms with Crippen molar-refractivity contribution in [2.75, 3.05) is 6.54 Å². The predicted molar refractivity (Wildman–Crippen MR) is 73.9 cm³/mol. The maximum Gasteiger partial charge on any atom is 0.0701 e. The van der Waals surface area contributed by atoms with E-state index in [4.69, 9.17) is 5.73 Å². The molecule has 2 nitrogen and oxygen atoms in total. The predicted octanol–water partition coefficient (Wildman–Crippen LogP) is 3.70. The lowest BCUT2D eigenvalue weighted by Crippen LogP contribution is -2.07. The number of rotatable bonds is 4. The van der Waals surface area contributed by atoms with Crippen LogP contribution in [0.2, 0.25) is 0 Å². The number of aromatic nitrogens is 1. The molecule has 0 fully saturated rings. The highest BCUT2D eigenvalue weighted by molar-refractivity contribution is 9.11. The SMILES string of the molecule is NCC(Sc1ccncc1)c1ccc(Br)s1. The van der Waals surface area contributed by atoms with Crippen LogP contribution in [-0.4, -0.2) is 11.5 Å². The summed E-state index contributed by atoms with van der Waals surface area (Å²) in [6.45, 7) is 0.639. The Bertz CT molecular complexity index is 444. The standard InChI is InChI=1S/C11H11BrN2S2/c12-11-2-1-9(16-11)10(7-13)15-8-3-5-14-6-4-8/h1-6,10H,7,13H2. The molecule has 0 aromatic carbocycles. The summed E-state index contributed by atoms with van der Waals surface area (Å²) in [5.41, 5.74) is 5.82. The van der Waals surface area contributed by atoms with Crippen molar-refractivity contribution in [2.24, 2.45) is 5.73 Å². The molecule has 2 aromatic rings. The minimum Gasteiger partial charge on any atom is -0.329 e. The summed E-state index contributed by atoms with van der Waals surface area (Å²) < 4.78 is 1.15. The largest absolute Gasteiger partial charge is 0.329 e. The normalized spacial score (nSPS) is 12.6. The lowest BCUT2D eigenvalue weighted by Gasteiger charge is -2.11. The molecule has 84 valence electrons. The fourth-order valence-electron chi connectivity index (χ4n) is 1.30.